The Kier molecular flexibility index (Phi) is 9.37. The zero-order valence-corrected chi connectivity index (χ0v) is 12.5. The molecule has 0 heterocycles. The van der Waals surface area contributed by atoms with Gasteiger partial charge in [0.15, 0.2) is 0 Å². The van der Waals surface area contributed by atoms with Gasteiger partial charge in [0.25, 0.3) is 0 Å². The van der Waals surface area contributed by atoms with Gasteiger partial charge in [-0.1, -0.05) is 56.5 Å². The molecule has 0 fully saturated rings. The van der Waals surface area contributed by atoms with Crippen LogP contribution in [0.5, 0.6) is 0 Å². The monoisotopic (exact) mass is 278 g/mol. The molecule has 3 nitrogen and oxygen atoms in total. The Morgan fingerprint density at radius 1 is 0.900 bits per heavy atom. The van der Waals surface area contributed by atoms with Gasteiger partial charge in [-0.25, -0.2) is 4.79 Å². The molecular weight excluding hydrogens is 252 g/mol. The molecule has 1 aromatic rings. The van der Waals surface area contributed by atoms with Crippen molar-refractivity contribution >= 4 is 6.16 Å². The van der Waals surface area contributed by atoms with Crippen molar-refractivity contribution in [1.29, 1.82) is 0 Å². The summed E-state index contributed by atoms with van der Waals surface area (Å²) in [5.74, 6) is 0. The molecule has 0 amide bonds. The topological polar surface area (TPSA) is 35.5 Å². The quantitative estimate of drug-likeness (QED) is 0.458. The first-order valence-corrected chi connectivity index (χ1v) is 7.66. The van der Waals surface area contributed by atoms with E-state index in [1.807, 2.05) is 6.07 Å². The summed E-state index contributed by atoms with van der Waals surface area (Å²) >= 11 is 0. The van der Waals surface area contributed by atoms with Crippen LogP contribution in [-0.4, -0.2) is 19.4 Å². The molecule has 0 radical (unpaired) electrons. The summed E-state index contributed by atoms with van der Waals surface area (Å²) in [4.78, 5) is 11.1. The molecule has 0 unspecified atom stereocenters. The van der Waals surface area contributed by atoms with Crippen LogP contribution in [0.15, 0.2) is 30.3 Å². The Bertz CT molecular complexity index is 349. The van der Waals surface area contributed by atoms with Gasteiger partial charge in [0.05, 0.1) is 13.2 Å². The van der Waals surface area contributed by atoms with Crippen molar-refractivity contribution in [2.75, 3.05) is 13.2 Å². The number of carbonyl (C=O) groups excluding carboxylic acids is 1. The number of aryl methyl sites for hydroxylation is 1. The average molecular weight is 278 g/mol. The highest BCUT2D eigenvalue weighted by molar-refractivity contribution is 5.59. The largest absolute Gasteiger partial charge is 0.508 e. The number of ether oxygens (including phenoxy) is 2. The molecule has 0 spiro atoms. The van der Waals surface area contributed by atoms with E-state index >= 15 is 0 Å². The van der Waals surface area contributed by atoms with E-state index in [9.17, 15) is 4.79 Å². The fraction of sp³-hybridized carbons (Fsp3) is 0.588. The van der Waals surface area contributed by atoms with Crippen LogP contribution >= 0.6 is 0 Å². The summed E-state index contributed by atoms with van der Waals surface area (Å²) in [5.41, 5.74) is 1.39. The van der Waals surface area contributed by atoms with Crippen LogP contribution in [0, 0.1) is 0 Å². The van der Waals surface area contributed by atoms with Crippen LogP contribution in [0.2, 0.25) is 0 Å². The standard InChI is InChI=1S/C17H26O3/c1-2-3-14-19-17(18)20-15-10-5-4-7-11-16-12-8-6-9-13-16/h6,8-9,12-13H,2-5,7,10-11,14-15H2,1H3. The Hall–Kier alpha value is -1.51. The Labute approximate surface area is 122 Å². The van der Waals surface area contributed by atoms with Crippen LogP contribution < -0.4 is 0 Å². The van der Waals surface area contributed by atoms with Gasteiger partial charge in [0.1, 0.15) is 0 Å². The summed E-state index contributed by atoms with van der Waals surface area (Å²) in [6.45, 7) is 2.99. The lowest BCUT2D eigenvalue weighted by Gasteiger charge is -2.05. The third kappa shape index (κ3) is 8.57. The summed E-state index contributed by atoms with van der Waals surface area (Å²) in [5, 5.41) is 0. The number of carbonyl (C=O) groups is 1. The highest BCUT2D eigenvalue weighted by Crippen LogP contribution is 2.07. The Balaban J connectivity index is 1.88. The van der Waals surface area contributed by atoms with Gasteiger partial charge in [0, 0.05) is 0 Å². The molecule has 0 aliphatic rings. The normalized spacial score (nSPS) is 10.2. The van der Waals surface area contributed by atoms with Crippen molar-refractivity contribution in [3.8, 4) is 0 Å². The predicted octanol–water partition coefficient (Wildman–Crippen LogP) is 4.74. The van der Waals surface area contributed by atoms with E-state index in [-0.39, 0.29) is 0 Å². The molecule has 0 atom stereocenters. The molecule has 0 aliphatic heterocycles. The first-order chi connectivity index (χ1) is 9.83. The van der Waals surface area contributed by atoms with Crippen LogP contribution in [0.3, 0.4) is 0 Å². The van der Waals surface area contributed by atoms with E-state index in [4.69, 9.17) is 9.47 Å². The SMILES string of the molecule is CCCCOC(=O)OCCCCCCc1ccccc1. The van der Waals surface area contributed by atoms with E-state index in [0.717, 1.165) is 32.1 Å². The summed E-state index contributed by atoms with van der Waals surface area (Å²) in [6, 6.07) is 10.5. The minimum Gasteiger partial charge on any atom is -0.434 e. The number of hydrogen-bond acceptors (Lipinski definition) is 3. The van der Waals surface area contributed by atoms with Gasteiger partial charge in [-0.05, 0) is 31.2 Å². The molecular formula is C17H26O3. The first-order valence-electron chi connectivity index (χ1n) is 7.66. The summed E-state index contributed by atoms with van der Waals surface area (Å²) in [6.07, 6.45) is 6.88. The van der Waals surface area contributed by atoms with Gasteiger partial charge >= 0.3 is 6.16 Å². The zero-order chi connectivity index (χ0) is 14.5. The second-order valence-electron chi connectivity index (χ2n) is 4.95. The van der Waals surface area contributed by atoms with E-state index < -0.39 is 6.16 Å². The van der Waals surface area contributed by atoms with Gasteiger partial charge in [0.2, 0.25) is 0 Å². The molecule has 20 heavy (non-hydrogen) atoms. The number of rotatable bonds is 10. The maximum atomic E-state index is 11.1. The van der Waals surface area contributed by atoms with Crippen molar-refractivity contribution in [2.24, 2.45) is 0 Å². The fourth-order valence-electron chi connectivity index (χ4n) is 1.93. The van der Waals surface area contributed by atoms with Crippen LogP contribution in [0.25, 0.3) is 0 Å². The molecule has 0 bridgehead atoms. The lowest BCUT2D eigenvalue weighted by molar-refractivity contribution is 0.0532. The summed E-state index contributed by atoms with van der Waals surface area (Å²) in [7, 11) is 0. The van der Waals surface area contributed by atoms with Crippen molar-refractivity contribution in [1.82, 2.24) is 0 Å². The van der Waals surface area contributed by atoms with E-state index in [2.05, 4.69) is 31.2 Å². The van der Waals surface area contributed by atoms with Crippen molar-refractivity contribution in [3.63, 3.8) is 0 Å². The van der Waals surface area contributed by atoms with E-state index in [1.54, 1.807) is 0 Å². The van der Waals surface area contributed by atoms with Gasteiger partial charge in [-0.3, -0.25) is 0 Å². The van der Waals surface area contributed by atoms with Crippen molar-refractivity contribution < 1.29 is 14.3 Å². The van der Waals surface area contributed by atoms with Gasteiger partial charge < -0.3 is 9.47 Å². The molecule has 0 aliphatic carbocycles. The molecule has 0 saturated heterocycles. The van der Waals surface area contributed by atoms with E-state index in [1.165, 1.54) is 18.4 Å². The molecule has 1 aromatic carbocycles. The average Bonchev–Trinajstić information content (AvgIpc) is 2.47. The predicted molar refractivity (Wildman–Crippen MR) is 80.8 cm³/mol. The number of unbranched alkanes of at least 4 members (excludes halogenated alkanes) is 4. The molecule has 1 rings (SSSR count). The Morgan fingerprint density at radius 3 is 2.25 bits per heavy atom. The molecule has 3 heteroatoms. The molecule has 0 aromatic heterocycles. The van der Waals surface area contributed by atoms with E-state index in [0.29, 0.717) is 13.2 Å². The third-order valence-corrected chi connectivity index (χ3v) is 3.14. The minimum absolute atomic E-state index is 0.465. The van der Waals surface area contributed by atoms with Gasteiger partial charge in [-0.15, -0.1) is 0 Å². The maximum absolute atomic E-state index is 11.1. The first kappa shape index (κ1) is 16.5. The lowest BCUT2D eigenvalue weighted by Crippen LogP contribution is -2.09. The fourth-order valence-corrected chi connectivity index (χ4v) is 1.93. The van der Waals surface area contributed by atoms with Crippen LogP contribution in [0.1, 0.15) is 51.0 Å². The zero-order valence-electron chi connectivity index (χ0n) is 12.5. The summed E-state index contributed by atoms with van der Waals surface area (Å²) < 4.78 is 9.90. The smallest absolute Gasteiger partial charge is 0.434 e. The van der Waals surface area contributed by atoms with Crippen molar-refractivity contribution in [2.45, 2.75) is 51.9 Å². The van der Waals surface area contributed by atoms with Crippen molar-refractivity contribution in [3.05, 3.63) is 35.9 Å². The molecule has 0 N–H and O–H groups in total. The minimum atomic E-state index is -0.525. The third-order valence-electron chi connectivity index (χ3n) is 3.14. The number of hydrogen-bond donors (Lipinski definition) is 0. The second kappa shape index (κ2) is 11.3. The Morgan fingerprint density at radius 2 is 1.55 bits per heavy atom. The maximum Gasteiger partial charge on any atom is 0.508 e. The highest BCUT2D eigenvalue weighted by Gasteiger charge is 2.02. The number of benzene rings is 1. The molecule has 112 valence electrons. The molecule has 0 saturated carbocycles. The highest BCUT2D eigenvalue weighted by atomic mass is 16.7. The van der Waals surface area contributed by atoms with Crippen LogP contribution in [-0.2, 0) is 15.9 Å². The van der Waals surface area contributed by atoms with Gasteiger partial charge in [-0.2, -0.15) is 0 Å². The van der Waals surface area contributed by atoms with Crippen LogP contribution in [0.4, 0.5) is 4.79 Å². The lowest BCUT2D eigenvalue weighted by atomic mass is 10.1. The second-order valence-corrected chi connectivity index (χ2v) is 4.95.